The maximum Gasteiger partial charge on any atom is 0.341 e. The topological polar surface area (TPSA) is 88.0 Å². The Morgan fingerprint density at radius 1 is 1.30 bits per heavy atom. The van der Waals surface area contributed by atoms with Gasteiger partial charge in [0.15, 0.2) is 11.8 Å². The SMILES string of the molecule is O=C(O)COc1ccc(/C=C2\SC(=Nc3ccc(Br)cc3)NC2=O)cc1Cl. The molecule has 27 heavy (non-hydrogen) atoms. The molecule has 2 aromatic carbocycles. The largest absolute Gasteiger partial charge is 0.480 e. The molecule has 138 valence electrons. The van der Waals surface area contributed by atoms with Crippen LogP contribution in [0.4, 0.5) is 5.69 Å². The van der Waals surface area contributed by atoms with Gasteiger partial charge in [0.1, 0.15) is 5.75 Å². The van der Waals surface area contributed by atoms with Crippen LogP contribution in [0.3, 0.4) is 0 Å². The lowest BCUT2D eigenvalue weighted by Gasteiger charge is -2.06. The molecule has 9 heteroatoms. The van der Waals surface area contributed by atoms with Crippen molar-refractivity contribution in [3.05, 3.63) is 62.4 Å². The van der Waals surface area contributed by atoms with Crippen LogP contribution in [-0.4, -0.2) is 28.8 Å². The van der Waals surface area contributed by atoms with E-state index in [9.17, 15) is 9.59 Å². The Kier molecular flexibility index (Phi) is 6.20. The van der Waals surface area contributed by atoms with Gasteiger partial charge in [-0.15, -0.1) is 0 Å². The van der Waals surface area contributed by atoms with Crippen LogP contribution in [0.15, 0.2) is 56.8 Å². The van der Waals surface area contributed by atoms with Crippen molar-refractivity contribution in [3.8, 4) is 5.75 Å². The molecule has 2 aromatic rings. The summed E-state index contributed by atoms with van der Waals surface area (Å²) < 4.78 is 6.02. The molecule has 1 aliphatic heterocycles. The van der Waals surface area contributed by atoms with Gasteiger partial charge < -0.3 is 15.2 Å². The monoisotopic (exact) mass is 466 g/mol. The molecular weight excluding hydrogens is 456 g/mol. The Hall–Kier alpha value is -2.29. The summed E-state index contributed by atoms with van der Waals surface area (Å²) in [5.41, 5.74) is 1.41. The van der Waals surface area contributed by atoms with Crippen LogP contribution >= 0.6 is 39.3 Å². The lowest BCUT2D eigenvalue weighted by atomic mass is 10.2. The second-order valence-corrected chi connectivity index (χ2v) is 7.68. The van der Waals surface area contributed by atoms with Gasteiger partial charge in [-0.25, -0.2) is 9.79 Å². The quantitative estimate of drug-likeness (QED) is 0.634. The number of amidine groups is 1. The van der Waals surface area contributed by atoms with Crippen molar-refractivity contribution in [1.82, 2.24) is 5.32 Å². The van der Waals surface area contributed by atoms with E-state index in [-0.39, 0.29) is 16.7 Å². The zero-order valence-electron chi connectivity index (χ0n) is 13.6. The predicted molar refractivity (Wildman–Crippen MR) is 110 cm³/mol. The van der Waals surface area contributed by atoms with Gasteiger partial charge in [0.05, 0.1) is 15.6 Å². The molecule has 0 atom stereocenters. The van der Waals surface area contributed by atoms with Gasteiger partial charge >= 0.3 is 5.97 Å². The maximum absolute atomic E-state index is 12.2. The van der Waals surface area contributed by atoms with E-state index in [4.69, 9.17) is 21.4 Å². The number of nitrogens with zero attached hydrogens (tertiary/aromatic N) is 1. The number of carbonyl (C=O) groups is 2. The Morgan fingerprint density at radius 2 is 2.04 bits per heavy atom. The van der Waals surface area contributed by atoms with Crippen molar-refractivity contribution in [2.75, 3.05) is 6.61 Å². The van der Waals surface area contributed by atoms with Crippen LogP contribution in [0.5, 0.6) is 5.75 Å². The van der Waals surface area contributed by atoms with E-state index < -0.39 is 12.6 Å². The number of carboxylic acids is 1. The van der Waals surface area contributed by atoms with E-state index in [0.717, 1.165) is 10.2 Å². The standard InChI is InChI=1S/C18H12BrClN2O4S/c19-11-2-4-12(5-3-11)21-18-22-17(25)15(27-18)8-10-1-6-14(13(20)7-10)26-9-16(23)24/h1-8H,9H2,(H,23,24)(H,21,22,25)/b15-8-. The molecule has 1 saturated heterocycles. The van der Waals surface area contributed by atoms with Gasteiger partial charge in [0, 0.05) is 4.47 Å². The van der Waals surface area contributed by atoms with E-state index in [1.165, 1.54) is 11.8 Å². The Balaban J connectivity index is 1.75. The molecule has 0 bridgehead atoms. The summed E-state index contributed by atoms with van der Waals surface area (Å²) in [5, 5.41) is 12.1. The summed E-state index contributed by atoms with van der Waals surface area (Å²) in [6.07, 6.45) is 1.68. The molecule has 0 aromatic heterocycles. The summed E-state index contributed by atoms with van der Waals surface area (Å²) in [5.74, 6) is -1.07. The Bertz CT molecular complexity index is 960. The first-order valence-electron chi connectivity index (χ1n) is 7.60. The number of rotatable bonds is 5. The van der Waals surface area contributed by atoms with Crippen LogP contribution < -0.4 is 10.1 Å². The number of ether oxygens (including phenoxy) is 1. The molecule has 6 nitrogen and oxygen atoms in total. The third kappa shape index (κ3) is 5.35. The Morgan fingerprint density at radius 3 is 2.70 bits per heavy atom. The fourth-order valence-electron chi connectivity index (χ4n) is 2.13. The molecule has 0 aliphatic carbocycles. The number of nitrogens with one attached hydrogen (secondary N) is 1. The first-order chi connectivity index (χ1) is 12.9. The zero-order chi connectivity index (χ0) is 19.4. The highest BCUT2D eigenvalue weighted by molar-refractivity contribution is 9.10. The molecule has 1 aliphatic rings. The molecule has 2 N–H and O–H groups in total. The van der Waals surface area contributed by atoms with Gasteiger partial charge in [0.25, 0.3) is 5.91 Å². The minimum Gasteiger partial charge on any atom is -0.480 e. The van der Waals surface area contributed by atoms with Crippen molar-refractivity contribution in [3.63, 3.8) is 0 Å². The molecule has 1 fully saturated rings. The lowest BCUT2D eigenvalue weighted by molar-refractivity contribution is -0.139. The van der Waals surface area contributed by atoms with E-state index in [2.05, 4.69) is 26.2 Å². The number of halogens is 2. The van der Waals surface area contributed by atoms with Crippen molar-refractivity contribution in [2.45, 2.75) is 0 Å². The first-order valence-corrected chi connectivity index (χ1v) is 9.59. The third-order valence-corrected chi connectivity index (χ3v) is 5.05. The lowest BCUT2D eigenvalue weighted by Crippen LogP contribution is -2.19. The van der Waals surface area contributed by atoms with E-state index >= 15 is 0 Å². The van der Waals surface area contributed by atoms with Crippen LogP contribution in [0.25, 0.3) is 6.08 Å². The van der Waals surface area contributed by atoms with E-state index in [1.54, 1.807) is 24.3 Å². The minimum atomic E-state index is -1.09. The molecule has 0 unspecified atom stereocenters. The molecule has 0 saturated carbocycles. The molecule has 0 spiro atoms. The molecule has 1 amide bonds. The zero-order valence-corrected chi connectivity index (χ0v) is 16.8. The average molecular weight is 468 g/mol. The molecule has 1 heterocycles. The van der Waals surface area contributed by atoms with Gasteiger partial charge in [-0.1, -0.05) is 33.6 Å². The van der Waals surface area contributed by atoms with Gasteiger partial charge in [-0.3, -0.25) is 4.79 Å². The van der Waals surface area contributed by atoms with Gasteiger partial charge in [0.2, 0.25) is 0 Å². The van der Waals surface area contributed by atoms with Crippen LogP contribution in [0, 0.1) is 0 Å². The summed E-state index contributed by atoms with van der Waals surface area (Å²) in [6, 6.07) is 12.3. The number of carbonyl (C=O) groups excluding carboxylic acids is 1. The number of aliphatic carboxylic acids is 1. The second kappa shape index (κ2) is 8.60. The number of thioether (sulfide) groups is 1. The van der Waals surface area contributed by atoms with Gasteiger partial charge in [-0.2, -0.15) is 0 Å². The van der Waals surface area contributed by atoms with Crippen molar-refractivity contribution in [1.29, 1.82) is 0 Å². The minimum absolute atomic E-state index is 0.252. The maximum atomic E-state index is 12.2. The number of hydrogen-bond acceptors (Lipinski definition) is 5. The second-order valence-electron chi connectivity index (χ2n) is 5.33. The third-order valence-electron chi connectivity index (χ3n) is 3.31. The number of hydrogen-bond donors (Lipinski definition) is 2. The van der Waals surface area contributed by atoms with Crippen molar-refractivity contribution in [2.24, 2.45) is 4.99 Å². The number of benzene rings is 2. The molecule has 3 rings (SSSR count). The summed E-state index contributed by atoms with van der Waals surface area (Å²) in [7, 11) is 0. The summed E-state index contributed by atoms with van der Waals surface area (Å²) in [6.45, 7) is -0.478. The molecule has 0 radical (unpaired) electrons. The van der Waals surface area contributed by atoms with Gasteiger partial charge in [-0.05, 0) is 59.8 Å². The Labute approximate surface area is 172 Å². The smallest absolute Gasteiger partial charge is 0.341 e. The predicted octanol–water partition coefficient (Wildman–Crippen LogP) is 4.46. The highest BCUT2D eigenvalue weighted by atomic mass is 79.9. The summed E-state index contributed by atoms with van der Waals surface area (Å²) in [4.78, 5) is 27.6. The fourth-order valence-corrected chi connectivity index (χ4v) is 3.48. The van der Waals surface area contributed by atoms with Crippen LogP contribution in [0.2, 0.25) is 5.02 Å². The van der Waals surface area contributed by atoms with Crippen LogP contribution in [-0.2, 0) is 9.59 Å². The summed E-state index contributed by atoms with van der Waals surface area (Å²) >= 11 is 10.7. The highest BCUT2D eigenvalue weighted by Gasteiger charge is 2.23. The number of carboxylic acid groups (broad SMARTS) is 1. The first kappa shape index (κ1) is 19.5. The van der Waals surface area contributed by atoms with Crippen molar-refractivity contribution >= 4 is 68.1 Å². The normalized spacial score (nSPS) is 16.6. The number of aliphatic imine (C=N–C) groups is 1. The van der Waals surface area contributed by atoms with E-state index in [1.807, 2.05) is 24.3 Å². The molecular formula is C18H12BrClN2O4S. The van der Waals surface area contributed by atoms with Crippen LogP contribution in [0.1, 0.15) is 5.56 Å². The van der Waals surface area contributed by atoms with Crippen molar-refractivity contribution < 1.29 is 19.4 Å². The van der Waals surface area contributed by atoms with E-state index in [0.29, 0.717) is 15.6 Å². The fraction of sp³-hybridized carbons (Fsp3) is 0.0556. The highest BCUT2D eigenvalue weighted by Crippen LogP contribution is 2.31. The number of amides is 1. The average Bonchev–Trinajstić information content (AvgIpc) is 2.95.